The van der Waals surface area contributed by atoms with Crippen molar-refractivity contribution >= 4 is 28.6 Å². The highest BCUT2D eigenvalue weighted by molar-refractivity contribution is 5.91. The summed E-state index contributed by atoms with van der Waals surface area (Å²) in [5.41, 5.74) is 3.43. The number of amides is 2. The highest BCUT2D eigenvalue weighted by Crippen LogP contribution is 2.24. The number of rotatable bonds is 3. The largest absolute Gasteiger partial charge is 0.478 e. The number of ether oxygens (including phenoxy) is 1. The molecule has 0 saturated carbocycles. The molecule has 0 aliphatic carbocycles. The maximum atomic E-state index is 13.1. The second kappa shape index (κ2) is 7.90. The summed E-state index contributed by atoms with van der Waals surface area (Å²) in [4.78, 5) is 25.5. The van der Waals surface area contributed by atoms with Crippen LogP contribution >= 0.6 is 0 Å². The van der Waals surface area contributed by atoms with E-state index in [0.717, 1.165) is 11.3 Å². The number of methoxy groups -OCH3 is 1. The van der Waals surface area contributed by atoms with Gasteiger partial charge in [-0.05, 0) is 48.9 Å². The lowest BCUT2D eigenvalue weighted by atomic mass is 10.2. The molecule has 0 spiro atoms. The third kappa shape index (κ3) is 4.06. The Morgan fingerprint density at radius 2 is 1.76 bits per heavy atom. The molecule has 2 aromatic carbocycles. The van der Waals surface area contributed by atoms with Gasteiger partial charge in [0.25, 0.3) is 5.88 Å². The molecular weight excluding hydrogens is 373 g/mol. The van der Waals surface area contributed by atoms with E-state index in [2.05, 4.69) is 20.2 Å². The van der Waals surface area contributed by atoms with Gasteiger partial charge in [0.1, 0.15) is 5.82 Å². The summed E-state index contributed by atoms with van der Waals surface area (Å²) >= 11 is 0. The Kier molecular flexibility index (Phi) is 5.16. The van der Waals surface area contributed by atoms with Gasteiger partial charge in [0.05, 0.1) is 18.1 Å². The highest BCUT2D eigenvalue weighted by atomic mass is 19.1. The summed E-state index contributed by atoms with van der Waals surface area (Å²) in [6, 6.07) is 11.9. The topological polar surface area (TPSA) is 70.6 Å². The number of aryl methyl sites for hydroxylation is 1. The molecule has 150 valence electrons. The van der Waals surface area contributed by atoms with Crippen LogP contribution in [0.5, 0.6) is 5.88 Å². The SMILES string of the molecule is COc1nc2cc(C)ccc2nc1NC(=O)N1CCN(c2ccc(F)cc2)CC1. The summed E-state index contributed by atoms with van der Waals surface area (Å²) in [7, 11) is 1.50. The zero-order valence-electron chi connectivity index (χ0n) is 16.4. The summed E-state index contributed by atoms with van der Waals surface area (Å²) in [5.74, 6) is 0.323. The van der Waals surface area contributed by atoms with Crippen molar-refractivity contribution in [2.24, 2.45) is 0 Å². The molecule has 1 saturated heterocycles. The first-order valence-corrected chi connectivity index (χ1v) is 9.42. The van der Waals surface area contributed by atoms with E-state index < -0.39 is 0 Å². The highest BCUT2D eigenvalue weighted by Gasteiger charge is 2.23. The van der Waals surface area contributed by atoms with E-state index in [1.807, 2.05) is 25.1 Å². The van der Waals surface area contributed by atoms with Gasteiger partial charge in [0, 0.05) is 31.9 Å². The molecule has 0 atom stereocenters. The van der Waals surface area contributed by atoms with E-state index in [1.54, 1.807) is 17.0 Å². The molecule has 7 nitrogen and oxygen atoms in total. The van der Waals surface area contributed by atoms with Crippen molar-refractivity contribution in [3.05, 3.63) is 53.8 Å². The van der Waals surface area contributed by atoms with Crippen LogP contribution in [0.15, 0.2) is 42.5 Å². The fourth-order valence-electron chi connectivity index (χ4n) is 3.37. The number of hydrogen-bond acceptors (Lipinski definition) is 5. The zero-order chi connectivity index (χ0) is 20.4. The molecule has 0 radical (unpaired) electrons. The number of fused-ring (bicyclic) bond motifs is 1. The van der Waals surface area contributed by atoms with Crippen LogP contribution in [0.25, 0.3) is 11.0 Å². The number of carbonyl (C=O) groups is 1. The lowest BCUT2D eigenvalue weighted by molar-refractivity contribution is 0.208. The van der Waals surface area contributed by atoms with E-state index in [0.29, 0.717) is 43.0 Å². The summed E-state index contributed by atoms with van der Waals surface area (Å²) < 4.78 is 18.4. The van der Waals surface area contributed by atoms with E-state index in [4.69, 9.17) is 4.74 Å². The molecule has 0 unspecified atom stereocenters. The number of urea groups is 1. The number of benzene rings is 2. The van der Waals surface area contributed by atoms with Gasteiger partial charge in [0.2, 0.25) is 0 Å². The minimum atomic E-state index is -0.257. The molecule has 1 N–H and O–H groups in total. The molecule has 1 aliphatic rings. The Bertz CT molecular complexity index is 1030. The number of hydrogen-bond donors (Lipinski definition) is 1. The lowest BCUT2D eigenvalue weighted by Gasteiger charge is -2.36. The van der Waals surface area contributed by atoms with Gasteiger partial charge in [0.15, 0.2) is 5.82 Å². The second-order valence-corrected chi connectivity index (χ2v) is 6.95. The fraction of sp³-hybridized carbons (Fsp3) is 0.286. The normalized spacial score (nSPS) is 14.2. The quantitative estimate of drug-likeness (QED) is 0.736. The molecule has 2 amide bonds. The van der Waals surface area contributed by atoms with Gasteiger partial charge < -0.3 is 14.5 Å². The van der Waals surface area contributed by atoms with Crippen LogP contribution in [0.4, 0.5) is 20.7 Å². The van der Waals surface area contributed by atoms with Crippen molar-refractivity contribution in [1.82, 2.24) is 14.9 Å². The van der Waals surface area contributed by atoms with Crippen molar-refractivity contribution in [2.75, 3.05) is 43.5 Å². The molecule has 0 bridgehead atoms. The second-order valence-electron chi connectivity index (χ2n) is 6.95. The maximum absolute atomic E-state index is 13.1. The molecule has 2 heterocycles. The van der Waals surface area contributed by atoms with Crippen molar-refractivity contribution in [2.45, 2.75) is 6.92 Å². The van der Waals surface area contributed by atoms with Gasteiger partial charge >= 0.3 is 6.03 Å². The van der Waals surface area contributed by atoms with Gasteiger partial charge in [-0.15, -0.1) is 0 Å². The van der Waals surface area contributed by atoms with Crippen LogP contribution in [0.2, 0.25) is 0 Å². The monoisotopic (exact) mass is 395 g/mol. The van der Waals surface area contributed by atoms with Crippen LogP contribution in [-0.4, -0.2) is 54.2 Å². The summed E-state index contributed by atoms with van der Waals surface area (Å²) in [6.45, 7) is 4.41. The molecule has 1 aromatic heterocycles. The smallest absolute Gasteiger partial charge is 0.323 e. The molecule has 29 heavy (non-hydrogen) atoms. The zero-order valence-corrected chi connectivity index (χ0v) is 16.4. The standard InChI is InChI=1S/C21H22FN5O2/c1-14-3-8-17-18(13-14)24-20(29-2)19(23-17)25-21(28)27-11-9-26(10-12-27)16-6-4-15(22)5-7-16/h3-8,13H,9-12H2,1-2H3,(H,23,25,28). The first-order chi connectivity index (χ1) is 14.0. The number of nitrogens with one attached hydrogen (secondary N) is 1. The fourth-order valence-corrected chi connectivity index (χ4v) is 3.37. The molecule has 1 aliphatic heterocycles. The Morgan fingerprint density at radius 3 is 2.45 bits per heavy atom. The Hall–Kier alpha value is -3.42. The minimum Gasteiger partial charge on any atom is -0.478 e. The number of carbonyl (C=O) groups excluding carboxylic acids is 1. The molecule has 1 fully saturated rings. The van der Waals surface area contributed by atoms with Gasteiger partial charge in [-0.3, -0.25) is 5.32 Å². The number of anilines is 2. The van der Waals surface area contributed by atoms with Crippen LogP contribution in [0.1, 0.15) is 5.56 Å². The average molecular weight is 395 g/mol. The van der Waals surface area contributed by atoms with Gasteiger partial charge in [-0.1, -0.05) is 6.07 Å². The van der Waals surface area contributed by atoms with Crippen LogP contribution in [-0.2, 0) is 0 Å². The molecule has 4 rings (SSSR count). The van der Waals surface area contributed by atoms with Crippen LogP contribution < -0.4 is 15.0 Å². The Labute approximate surface area is 168 Å². The molecule has 8 heteroatoms. The number of piperazine rings is 1. The van der Waals surface area contributed by atoms with Crippen molar-refractivity contribution in [3.63, 3.8) is 0 Å². The van der Waals surface area contributed by atoms with E-state index in [-0.39, 0.29) is 17.7 Å². The summed E-state index contributed by atoms with van der Waals surface area (Å²) in [6.07, 6.45) is 0. The number of nitrogens with zero attached hydrogens (tertiary/aromatic N) is 4. The van der Waals surface area contributed by atoms with Crippen molar-refractivity contribution in [1.29, 1.82) is 0 Å². The third-order valence-corrected chi connectivity index (χ3v) is 4.97. The summed E-state index contributed by atoms with van der Waals surface area (Å²) in [5, 5.41) is 2.82. The first kappa shape index (κ1) is 18.9. The average Bonchev–Trinajstić information content (AvgIpc) is 2.74. The van der Waals surface area contributed by atoms with E-state index in [1.165, 1.54) is 19.2 Å². The van der Waals surface area contributed by atoms with Crippen LogP contribution in [0, 0.1) is 12.7 Å². The predicted molar refractivity (Wildman–Crippen MR) is 110 cm³/mol. The molecule has 3 aromatic rings. The van der Waals surface area contributed by atoms with Crippen molar-refractivity contribution < 1.29 is 13.9 Å². The Morgan fingerprint density at radius 1 is 1.03 bits per heavy atom. The van der Waals surface area contributed by atoms with Crippen molar-refractivity contribution in [3.8, 4) is 5.88 Å². The van der Waals surface area contributed by atoms with E-state index >= 15 is 0 Å². The lowest BCUT2D eigenvalue weighted by Crippen LogP contribution is -2.50. The third-order valence-electron chi connectivity index (χ3n) is 4.97. The number of halogens is 1. The minimum absolute atomic E-state index is 0.247. The number of aromatic nitrogens is 2. The molecular formula is C21H22FN5O2. The predicted octanol–water partition coefficient (Wildman–Crippen LogP) is 3.44. The van der Waals surface area contributed by atoms with Gasteiger partial charge in [-0.2, -0.15) is 0 Å². The first-order valence-electron chi connectivity index (χ1n) is 9.42. The Balaban J connectivity index is 1.44. The van der Waals surface area contributed by atoms with Crippen LogP contribution in [0.3, 0.4) is 0 Å². The van der Waals surface area contributed by atoms with Gasteiger partial charge in [-0.25, -0.2) is 19.2 Å². The maximum Gasteiger partial charge on any atom is 0.323 e. The van der Waals surface area contributed by atoms with E-state index in [9.17, 15) is 9.18 Å².